The van der Waals surface area contributed by atoms with Crippen LogP contribution in [-0.4, -0.2) is 23.7 Å². The number of methoxy groups -OCH3 is 1. The van der Waals surface area contributed by atoms with Crippen LogP contribution in [0.5, 0.6) is 0 Å². The molecule has 0 fully saturated rings. The van der Waals surface area contributed by atoms with Gasteiger partial charge in [0.05, 0.1) is 19.0 Å². The van der Waals surface area contributed by atoms with Crippen molar-refractivity contribution in [3.8, 4) is 0 Å². The van der Waals surface area contributed by atoms with Crippen molar-refractivity contribution >= 4 is 17.6 Å². The van der Waals surface area contributed by atoms with Crippen molar-refractivity contribution in [3.05, 3.63) is 18.3 Å². The number of nitrogens with one attached hydrogen (secondary N) is 2. The lowest BCUT2D eigenvalue weighted by Gasteiger charge is -2.21. The van der Waals surface area contributed by atoms with Crippen molar-refractivity contribution in [1.82, 2.24) is 4.98 Å². The predicted molar refractivity (Wildman–Crippen MR) is 63.6 cm³/mol. The zero-order chi connectivity index (χ0) is 12.2. The van der Waals surface area contributed by atoms with E-state index in [0.717, 1.165) is 5.82 Å². The van der Waals surface area contributed by atoms with Crippen molar-refractivity contribution in [1.29, 1.82) is 0 Å². The molecule has 1 rings (SSSR count). The van der Waals surface area contributed by atoms with E-state index in [-0.39, 0.29) is 5.54 Å². The molecule has 0 aliphatic rings. The van der Waals surface area contributed by atoms with Crippen molar-refractivity contribution in [2.75, 3.05) is 17.7 Å². The fourth-order valence-electron chi connectivity index (χ4n) is 1.09. The third-order valence-electron chi connectivity index (χ3n) is 1.70. The molecule has 5 heteroatoms. The lowest BCUT2D eigenvalue weighted by atomic mass is 10.1. The van der Waals surface area contributed by atoms with Gasteiger partial charge >= 0.3 is 6.09 Å². The molecule has 0 aromatic carbocycles. The van der Waals surface area contributed by atoms with Gasteiger partial charge in [0.15, 0.2) is 0 Å². The molecule has 1 amide bonds. The van der Waals surface area contributed by atoms with Crippen LogP contribution in [0.15, 0.2) is 18.3 Å². The smallest absolute Gasteiger partial charge is 0.411 e. The van der Waals surface area contributed by atoms with Gasteiger partial charge in [-0.3, -0.25) is 5.32 Å². The summed E-state index contributed by atoms with van der Waals surface area (Å²) in [4.78, 5) is 15.1. The molecule has 0 saturated carbocycles. The molecule has 5 nitrogen and oxygen atoms in total. The minimum Gasteiger partial charge on any atom is -0.453 e. The number of carbonyl (C=O) groups excluding carboxylic acids is 1. The summed E-state index contributed by atoms with van der Waals surface area (Å²) in [5, 5.41) is 5.75. The molecule has 16 heavy (non-hydrogen) atoms. The number of nitrogens with zero attached hydrogens (tertiary/aromatic N) is 1. The van der Waals surface area contributed by atoms with Crippen LogP contribution in [0.25, 0.3) is 0 Å². The Morgan fingerprint density at radius 1 is 1.38 bits per heavy atom. The standard InChI is InChI=1S/C11H17N3O2/c1-11(2,3)14-9-6-5-8(7-12-9)13-10(15)16-4/h5-7H,1-4H3,(H,12,14)(H,13,15). The Labute approximate surface area is 95.2 Å². The molecule has 0 aliphatic heterocycles. The molecule has 1 aromatic rings. The van der Waals surface area contributed by atoms with E-state index in [1.54, 1.807) is 18.3 Å². The number of amides is 1. The van der Waals surface area contributed by atoms with Crippen molar-refractivity contribution < 1.29 is 9.53 Å². The average molecular weight is 223 g/mol. The van der Waals surface area contributed by atoms with Gasteiger partial charge in [-0.05, 0) is 32.9 Å². The highest BCUT2D eigenvalue weighted by Gasteiger charge is 2.09. The highest BCUT2D eigenvalue weighted by Crippen LogP contribution is 2.14. The van der Waals surface area contributed by atoms with E-state index in [2.05, 4.69) is 41.1 Å². The normalized spacial score (nSPS) is 10.8. The van der Waals surface area contributed by atoms with Gasteiger partial charge in [0.25, 0.3) is 0 Å². The third-order valence-corrected chi connectivity index (χ3v) is 1.70. The van der Waals surface area contributed by atoms with E-state index in [9.17, 15) is 4.79 Å². The SMILES string of the molecule is COC(=O)Nc1ccc(NC(C)(C)C)nc1. The number of anilines is 2. The minimum atomic E-state index is -0.502. The highest BCUT2D eigenvalue weighted by molar-refractivity contribution is 5.84. The fraction of sp³-hybridized carbons (Fsp3) is 0.455. The first-order chi connectivity index (χ1) is 7.40. The summed E-state index contributed by atoms with van der Waals surface area (Å²) >= 11 is 0. The second-order valence-electron chi connectivity index (χ2n) is 4.42. The van der Waals surface area contributed by atoms with Crippen molar-refractivity contribution in [2.24, 2.45) is 0 Å². The molecule has 1 aromatic heterocycles. The van der Waals surface area contributed by atoms with Gasteiger partial charge in [0, 0.05) is 5.54 Å². The van der Waals surface area contributed by atoms with Crippen LogP contribution in [0.3, 0.4) is 0 Å². The molecule has 0 radical (unpaired) electrons. The van der Waals surface area contributed by atoms with E-state index >= 15 is 0 Å². The van der Waals surface area contributed by atoms with Crippen LogP contribution >= 0.6 is 0 Å². The Hall–Kier alpha value is -1.78. The Bertz CT molecular complexity index is 354. The first-order valence-corrected chi connectivity index (χ1v) is 5.00. The third kappa shape index (κ3) is 4.16. The first kappa shape index (κ1) is 12.3. The van der Waals surface area contributed by atoms with Crippen LogP contribution in [0.2, 0.25) is 0 Å². The van der Waals surface area contributed by atoms with Crippen LogP contribution in [-0.2, 0) is 4.74 Å². The maximum absolute atomic E-state index is 10.9. The second-order valence-corrected chi connectivity index (χ2v) is 4.42. The van der Waals surface area contributed by atoms with Gasteiger partial charge in [-0.1, -0.05) is 0 Å². The number of pyridine rings is 1. The van der Waals surface area contributed by atoms with Gasteiger partial charge in [-0.2, -0.15) is 0 Å². The van der Waals surface area contributed by atoms with Crippen LogP contribution in [0.4, 0.5) is 16.3 Å². The van der Waals surface area contributed by atoms with Crippen LogP contribution in [0, 0.1) is 0 Å². The summed E-state index contributed by atoms with van der Waals surface area (Å²) < 4.78 is 4.47. The summed E-state index contributed by atoms with van der Waals surface area (Å²) in [7, 11) is 1.32. The molecule has 1 heterocycles. The molecular formula is C11H17N3O2. The molecule has 0 aliphatic carbocycles. The summed E-state index contributed by atoms with van der Waals surface area (Å²) in [5.41, 5.74) is 0.566. The first-order valence-electron chi connectivity index (χ1n) is 5.00. The quantitative estimate of drug-likeness (QED) is 0.808. The average Bonchev–Trinajstić information content (AvgIpc) is 2.18. The molecule has 0 bridgehead atoms. The van der Waals surface area contributed by atoms with Gasteiger partial charge < -0.3 is 10.1 Å². The van der Waals surface area contributed by atoms with E-state index in [1.165, 1.54) is 7.11 Å². The molecule has 0 atom stereocenters. The van der Waals surface area contributed by atoms with E-state index in [4.69, 9.17) is 0 Å². The zero-order valence-corrected chi connectivity index (χ0v) is 10.00. The minimum absolute atomic E-state index is 0.0374. The molecule has 2 N–H and O–H groups in total. The number of hydrogen-bond acceptors (Lipinski definition) is 4. The van der Waals surface area contributed by atoms with E-state index < -0.39 is 6.09 Å². The Morgan fingerprint density at radius 2 is 2.06 bits per heavy atom. The highest BCUT2D eigenvalue weighted by atomic mass is 16.5. The van der Waals surface area contributed by atoms with Crippen molar-refractivity contribution in [2.45, 2.75) is 26.3 Å². The van der Waals surface area contributed by atoms with Gasteiger partial charge in [-0.25, -0.2) is 9.78 Å². The maximum Gasteiger partial charge on any atom is 0.411 e. The number of carbonyl (C=O) groups is 1. The van der Waals surface area contributed by atoms with Gasteiger partial charge in [0.2, 0.25) is 0 Å². The summed E-state index contributed by atoms with van der Waals surface area (Å²) in [6.45, 7) is 6.15. The topological polar surface area (TPSA) is 63.2 Å². The summed E-state index contributed by atoms with van der Waals surface area (Å²) in [6.07, 6.45) is 1.07. The van der Waals surface area contributed by atoms with E-state index in [0.29, 0.717) is 5.69 Å². The molecule has 0 unspecified atom stereocenters. The number of ether oxygens (including phenoxy) is 1. The fourth-order valence-corrected chi connectivity index (χ4v) is 1.09. The Balaban J connectivity index is 2.64. The van der Waals surface area contributed by atoms with Gasteiger partial charge in [0.1, 0.15) is 5.82 Å². The van der Waals surface area contributed by atoms with E-state index in [1.807, 2.05) is 0 Å². The zero-order valence-electron chi connectivity index (χ0n) is 10.00. The Kier molecular flexibility index (Phi) is 3.71. The number of hydrogen-bond donors (Lipinski definition) is 2. The largest absolute Gasteiger partial charge is 0.453 e. The lowest BCUT2D eigenvalue weighted by Crippen LogP contribution is -2.26. The second kappa shape index (κ2) is 4.83. The van der Waals surface area contributed by atoms with Crippen LogP contribution < -0.4 is 10.6 Å². The molecule has 88 valence electrons. The Morgan fingerprint density at radius 3 is 2.50 bits per heavy atom. The van der Waals surface area contributed by atoms with Gasteiger partial charge in [-0.15, -0.1) is 0 Å². The van der Waals surface area contributed by atoms with Crippen LogP contribution in [0.1, 0.15) is 20.8 Å². The lowest BCUT2D eigenvalue weighted by molar-refractivity contribution is 0.187. The molecule has 0 spiro atoms. The number of aromatic nitrogens is 1. The van der Waals surface area contributed by atoms with Crippen molar-refractivity contribution in [3.63, 3.8) is 0 Å². The monoisotopic (exact) mass is 223 g/mol. The maximum atomic E-state index is 10.9. The number of rotatable bonds is 2. The predicted octanol–water partition coefficient (Wildman–Crippen LogP) is 2.47. The summed E-state index contributed by atoms with van der Waals surface area (Å²) in [5.74, 6) is 0.767. The molecular weight excluding hydrogens is 206 g/mol. The molecule has 0 saturated heterocycles. The summed E-state index contributed by atoms with van der Waals surface area (Å²) in [6, 6.07) is 3.56.